The Morgan fingerprint density at radius 3 is 2.58 bits per heavy atom. The lowest BCUT2D eigenvalue weighted by atomic mass is 10.0. The van der Waals surface area contributed by atoms with Crippen LogP contribution in [0, 0.1) is 9.39 Å². The lowest BCUT2D eigenvalue weighted by Crippen LogP contribution is -2.05. The minimum atomic E-state index is -1.06. The molecule has 0 radical (unpaired) electrons. The van der Waals surface area contributed by atoms with Gasteiger partial charge in [0.05, 0.1) is 7.11 Å². The third-order valence-electron chi connectivity index (χ3n) is 2.75. The van der Waals surface area contributed by atoms with Crippen LogP contribution in [-0.2, 0) is 0 Å². The van der Waals surface area contributed by atoms with Crippen LogP contribution < -0.4 is 4.74 Å². The Balaban J connectivity index is 2.43. The molecule has 2 nitrogen and oxygen atoms in total. The van der Waals surface area contributed by atoms with E-state index in [0.717, 1.165) is 3.57 Å². The summed E-state index contributed by atoms with van der Waals surface area (Å²) < 4.78 is 19.7. The second-order valence-corrected chi connectivity index (χ2v) is 5.55. The number of aliphatic hydroxyl groups excluding tert-OH is 1. The molecular formula is C14H11ClFIO2. The van der Waals surface area contributed by atoms with Crippen LogP contribution in [0.3, 0.4) is 0 Å². The number of methoxy groups -OCH3 is 1. The van der Waals surface area contributed by atoms with Gasteiger partial charge in [-0.1, -0.05) is 11.6 Å². The topological polar surface area (TPSA) is 29.5 Å². The molecule has 1 atom stereocenters. The van der Waals surface area contributed by atoms with Crippen LogP contribution in [0.25, 0.3) is 0 Å². The van der Waals surface area contributed by atoms with Crippen molar-refractivity contribution in [2.45, 2.75) is 6.10 Å². The fourth-order valence-corrected chi connectivity index (χ4v) is 2.56. The first-order chi connectivity index (χ1) is 9.02. The van der Waals surface area contributed by atoms with Crippen LogP contribution in [-0.4, -0.2) is 12.2 Å². The van der Waals surface area contributed by atoms with Gasteiger partial charge in [-0.15, -0.1) is 0 Å². The second-order valence-electron chi connectivity index (χ2n) is 3.96. The second kappa shape index (κ2) is 6.07. The zero-order valence-corrected chi connectivity index (χ0v) is 12.9. The maximum atomic E-state index is 13.9. The summed E-state index contributed by atoms with van der Waals surface area (Å²) in [7, 11) is 1.46. The van der Waals surface area contributed by atoms with Crippen LogP contribution in [0.5, 0.6) is 5.75 Å². The Morgan fingerprint density at radius 1 is 1.21 bits per heavy atom. The van der Waals surface area contributed by atoms with Crippen LogP contribution in [0.2, 0.25) is 5.02 Å². The number of hydrogen-bond acceptors (Lipinski definition) is 2. The molecule has 2 rings (SSSR count). The molecule has 0 aliphatic carbocycles. The van der Waals surface area contributed by atoms with Gasteiger partial charge in [0.25, 0.3) is 0 Å². The molecule has 0 aromatic heterocycles. The van der Waals surface area contributed by atoms with E-state index in [1.807, 2.05) is 0 Å². The van der Waals surface area contributed by atoms with Crippen molar-refractivity contribution in [1.29, 1.82) is 0 Å². The van der Waals surface area contributed by atoms with E-state index in [-0.39, 0.29) is 5.56 Å². The zero-order valence-electron chi connectivity index (χ0n) is 10.0. The molecule has 0 aliphatic heterocycles. The maximum absolute atomic E-state index is 13.9. The molecule has 1 N–H and O–H groups in total. The molecule has 0 fully saturated rings. The lowest BCUT2D eigenvalue weighted by molar-refractivity contribution is 0.214. The zero-order chi connectivity index (χ0) is 14.0. The van der Waals surface area contributed by atoms with Gasteiger partial charge >= 0.3 is 0 Å². The van der Waals surface area contributed by atoms with Crippen molar-refractivity contribution in [3.8, 4) is 5.75 Å². The van der Waals surface area contributed by atoms with Crippen LogP contribution in [0.1, 0.15) is 17.2 Å². The van der Waals surface area contributed by atoms with Gasteiger partial charge in [0.1, 0.15) is 17.7 Å². The van der Waals surface area contributed by atoms with Crippen molar-refractivity contribution >= 4 is 34.2 Å². The fourth-order valence-electron chi connectivity index (χ4n) is 1.75. The smallest absolute Gasteiger partial charge is 0.133 e. The Hall–Kier alpha value is -0.850. The Morgan fingerprint density at radius 2 is 1.95 bits per heavy atom. The highest BCUT2D eigenvalue weighted by Gasteiger charge is 2.18. The predicted molar refractivity (Wildman–Crippen MR) is 81.2 cm³/mol. The molecule has 0 spiro atoms. The van der Waals surface area contributed by atoms with Gasteiger partial charge in [0, 0.05) is 20.2 Å². The molecule has 5 heteroatoms. The third-order valence-corrected chi connectivity index (χ3v) is 3.97. The normalized spacial score (nSPS) is 12.3. The van der Waals surface area contributed by atoms with E-state index in [0.29, 0.717) is 16.3 Å². The van der Waals surface area contributed by atoms with E-state index >= 15 is 0 Å². The molecular weight excluding hydrogens is 382 g/mol. The van der Waals surface area contributed by atoms with Crippen LogP contribution in [0.4, 0.5) is 4.39 Å². The van der Waals surface area contributed by atoms with Gasteiger partial charge in [-0.2, -0.15) is 0 Å². The Bertz CT molecular complexity index is 604. The SMILES string of the molecule is COc1ccc(C(O)c2cc(Cl)ccc2I)c(F)c1. The summed E-state index contributed by atoms with van der Waals surface area (Å²) in [4.78, 5) is 0. The van der Waals surface area contributed by atoms with Gasteiger partial charge in [-0.3, -0.25) is 0 Å². The van der Waals surface area contributed by atoms with Crippen molar-refractivity contribution in [1.82, 2.24) is 0 Å². The molecule has 0 bridgehead atoms. The Kier molecular flexibility index (Phi) is 4.65. The Labute approximate surface area is 129 Å². The van der Waals surface area contributed by atoms with Gasteiger partial charge in [-0.05, 0) is 58.5 Å². The van der Waals surface area contributed by atoms with E-state index in [1.165, 1.54) is 19.2 Å². The average molecular weight is 393 g/mol. The van der Waals surface area contributed by atoms with E-state index < -0.39 is 11.9 Å². The number of halogens is 3. The van der Waals surface area contributed by atoms with Gasteiger partial charge in [-0.25, -0.2) is 4.39 Å². The van der Waals surface area contributed by atoms with E-state index in [9.17, 15) is 9.50 Å². The third kappa shape index (κ3) is 3.19. The fraction of sp³-hybridized carbons (Fsp3) is 0.143. The average Bonchev–Trinajstić information content (AvgIpc) is 2.40. The van der Waals surface area contributed by atoms with Crippen molar-refractivity contribution < 1.29 is 14.2 Å². The molecule has 0 aliphatic rings. The van der Waals surface area contributed by atoms with Crippen LogP contribution in [0.15, 0.2) is 36.4 Å². The summed E-state index contributed by atoms with van der Waals surface area (Å²) in [5.41, 5.74) is 0.776. The summed E-state index contributed by atoms with van der Waals surface area (Å²) in [6.07, 6.45) is -1.06. The largest absolute Gasteiger partial charge is 0.497 e. The summed E-state index contributed by atoms with van der Waals surface area (Å²) in [5.74, 6) is -0.100. The van der Waals surface area contributed by atoms with Crippen molar-refractivity contribution in [2.24, 2.45) is 0 Å². The van der Waals surface area contributed by atoms with Gasteiger partial charge in [0.15, 0.2) is 0 Å². The first kappa shape index (κ1) is 14.6. The first-order valence-electron chi connectivity index (χ1n) is 5.49. The molecule has 0 amide bonds. The number of rotatable bonds is 3. The number of benzene rings is 2. The van der Waals surface area contributed by atoms with E-state index in [4.69, 9.17) is 16.3 Å². The minimum absolute atomic E-state index is 0.195. The van der Waals surface area contributed by atoms with Gasteiger partial charge < -0.3 is 9.84 Å². The summed E-state index contributed by atoms with van der Waals surface area (Å²) in [5, 5.41) is 10.8. The van der Waals surface area contributed by atoms with Crippen molar-refractivity contribution in [3.63, 3.8) is 0 Å². The van der Waals surface area contributed by atoms with E-state index in [2.05, 4.69) is 22.6 Å². The molecule has 1 unspecified atom stereocenters. The number of aliphatic hydroxyl groups is 1. The van der Waals surface area contributed by atoms with Gasteiger partial charge in [0.2, 0.25) is 0 Å². The summed E-state index contributed by atoms with van der Waals surface area (Å²) in [6.45, 7) is 0. The standard InChI is InChI=1S/C14H11ClFIO2/c1-19-9-3-4-10(12(16)7-9)14(18)11-6-8(15)2-5-13(11)17/h2-7,14,18H,1H3. The highest BCUT2D eigenvalue weighted by atomic mass is 127. The van der Waals surface area contributed by atoms with Crippen molar-refractivity contribution in [2.75, 3.05) is 7.11 Å². The quantitative estimate of drug-likeness (QED) is 0.794. The monoisotopic (exact) mass is 392 g/mol. The lowest BCUT2D eigenvalue weighted by Gasteiger charge is -2.15. The first-order valence-corrected chi connectivity index (χ1v) is 6.95. The summed E-state index contributed by atoms with van der Waals surface area (Å²) in [6, 6.07) is 9.51. The number of hydrogen-bond donors (Lipinski definition) is 1. The molecule has 2 aromatic rings. The van der Waals surface area contributed by atoms with E-state index in [1.54, 1.807) is 24.3 Å². The molecule has 0 heterocycles. The molecule has 19 heavy (non-hydrogen) atoms. The predicted octanol–water partition coefficient (Wildman–Crippen LogP) is 4.17. The molecule has 2 aromatic carbocycles. The molecule has 0 saturated heterocycles. The molecule has 100 valence electrons. The van der Waals surface area contributed by atoms with Crippen LogP contribution >= 0.6 is 34.2 Å². The van der Waals surface area contributed by atoms with Crippen molar-refractivity contribution in [3.05, 3.63) is 61.9 Å². The maximum Gasteiger partial charge on any atom is 0.133 e. The highest BCUT2D eigenvalue weighted by Crippen LogP contribution is 2.31. The number of ether oxygens (including phenoxy) is 1. The minimum Gasteiger partial charge on any atom is -0.497 e. The summed E-state index contributed by atoms with van der Waals surface area (Å²) >= 11 is 7.99. The molecule has 0 saturated carbocycles. The highest BCUT2D eigenvalue weighted by molar-refractivity contribution is 14.1.